The van der Waals surface area contributed by atoms with E-state index in [4.69, 9.17) is 5.11 Å². The number of rotatable bonds is 12. The Morgan fingerprint density at radius 1 is 0.814 bits per heavy atom. The molecule has 0 fully saturated rings. The number of aliphatic carboxylic acids is 1. The molecule has 0 aliphatic rings. The molecule has 222 valence electrons. The number of aromatic nitrogens is 1. The molecule has 1 heterocycles. The van der Waals surface area contributed by atoms with Gasteiger partial charge in [0.25, 0.3) is 5.91 Å². The Kier molecular flexibility index (Phi) is 12.2. The average Bonchev–Trinajstić information content (AvgIpc) is 3.29. The number of carboxylic acids is 1. The molecule has 43 heavy (non-hydrogen) atoms. The van der Waals surface area contributed by atoms with E-state index in [1.165, 1.54) is 36.4 Å². The molecule has 0 spiro atoms. The number of halogens is 2. The van der Waals surface area contributed by atoms with E-state index in [-0.39, 0.29) is 54.9 Å². The van der Waals surface area contributed by atoms with E-state index in [2.05, 4.69) is 5.32 Å². The first-order valence-corrected chi connectivity index (χ1v) is 13.8. The molecule has 1 aromatic heterocycles. The summed E-state index contributed by atoms with van der Waals surface area (Å²) in [6.07, 6.45) is -2.36. The van der Waals surface area contributed by atoms with Crippen LogP contribution >= 0.6 is 0 Å². The number of anilines is 1. The number of amides is 1. The van der Waals surface area contributed by atoms with Gasteiger partial charge < -0.3 is 25.2 Å². The number of aliphatic hydroxyl groups excluding tert-OH is 2. The molecule has 0 saturated heterocycles. The first kappa shape index (κ1) is 34.2. The third kappa shape index (κ3) is 8.61. The number of hydrogen-bond acceptors (Lipinski definition) is 4. The number of nitrogens with one attached hydrogen (secondary N) is 1. The van der Waals surface area contributed by atoms with Crippen LogP contribution < -0.4 is 5.32 Å². The SMILES string of the molecule is CC(C)n1c(CC[C@@H](O)C[C@@H](O)CC(=O)O)c(-c2ccc(F)cc2)c(-c2ccccc2)c1C(=O)Nc1ccc(F)cc1.[NaH]. The Hall–Kier alpha value is -3.34. The summed E-state index contributed by atoms with van der Waals surface area (Å²) in [6, 6.07) is 20.5. The number of benzene rings is 3. The van der Waals surface area contributed by atoms with E-state index in [9.17, 15) is 28.6 Å². The van der Waals surface area contributed by atoms with Crippen molar-refractivity contribution in [3.8, 4) is 22.3 Å². The Labute approximate surface area is 271 Å². The van der Waals surface area contributed by atoms with Gasteiger partial charge in [0.05, 0.1) is 18.6 Å². The number of carbonyl (C=O) groups excluding carboxylic acids is 1. The second kappa shape index (κ2) is 15.4. The molecule has 4 N–H and O–H groups in total. The van der Waals surface area contributed by atoms with Gasteiger partial charge in [0.1, 0.15) is 17.3 Å². The topological polar surface area (TPSA) is 112 Å². The maximum atomic E-state index is 14.0. The molecule has 0 bridgehead atoms. The summed E-state index contributed by atoms with van der Waals surface area (Å²) in [4.78, 5) is 25.0. The van der Waals surface area contributed by atoms with Crippen LogP contribution in [0.3, 0.4) is 0 Å². The number of aliphatic hydroxyl groups is 2. The molecule has 0 aliphatic carbocycles. The molecule has 0 radical (unpaired) electrons. The molecular weight excluding hydrogens is 565 g/mol. The van der Waals surface area contributed by atoms with Crippen LogP contribution in [0.4, 0.5) is 14.5 Å². The van der Waals surface area contributed by atoms with Crippen molar-refractivity contribution >= 4 is 47.1 Å². The monoisotopic (exact) mass is 600 g/mol. The summed E-state index contributed by atoms with van der Waals surface area (Å²) in [5, 5.41) is 32.6. The Bertz CT molecular complexity index is 1520. The minimum atomic E-state index is -1.21. The van der Waals surface area contributed by atoms with Crippen LogP contribution in [0.5, 0.6) is 0 Å². The Morgan fingerprint density at radius 2 is 1.37 bits per heavy atom. The first-order chi connectivity index (χ1) is 20.0. The summed E-state index contributed by atoms with van der Waals surface area (Å²) in [7, 11) is 0. The van der Waals surface area contributed by atoms with E-state index in [1.807, 2.05) is 48.7 Å². The fraction of sp³-hybridized carbons (Fsp3) is 0.273. The van der Waals surface area contributed by atoms with Crippen molar-refractivity contribution in [1.82, 2.24) is 4.57 Å². The zero-order chi connectivity index (χ0) is 30.4. The fourth-order valence-electron chi connectivity index (χ4n) is 5.23. The van der Waals surface area contributed by atoms with E-state index < -0.39 is 42.1 Å². The summed E-state index contributed by atoms with van der Waals surface area (Å²) in [5.74, 6) is -2.44. The first-order valence-electron chi connectivity index (χ1n) is 13.8. The van der Waals surface area contributed by atoms with Gasteiger partial charge in [-0.2, -0.15) is 0 Å². The van der Waals surface area contributed by atoms with Crippen molar-refractivity contribution in [2.24, 2.45) is 0 Å². The summed E-state index contributed by atoms with van der Waals surface area (Å²) >= 11 is 0. The molecule has 4 aromatic rings. The van der Waals surface area contributed by atoms with Gasteiger partial charge in [-0.05, 0) is 80.6 Å². The molecule has 0 saturated carbocycles. The summed E-state index contributed by atoms with van der Waals surface area (Å²) in [6.45, 7) is 3.85. The van der Waals surface area contributed by atoms with Crippen LogP contribution in [0.15, 0.2) is 78.9 Å². The maximum absolute atomic E-state index is 14.0. The zero-order valence-electron chi connectivity index (χ0n) is 23.4. The second-order valence-electron chi connectivity index (χ2n) is 10.5. The average molecular weight is 601 g/mol. The third-order valence-corrected chi connectivity index (χ3v) is 7.00. The summed E-state index contributed by atoms with van der Waals surface area (Å²) < 4.78 is 29.5. The molecule has 3 aromatic carbocycles. The van der Waals surface area contributed by atoms with Gasteiger partial charge in [0.15, 0.2) is 0 Å². The van der Waals surface area contributed by atoms with Crippen LogP contribution in [0.2, 0.25) is 0 Å². The normalized spacial score (nSPS) is 12.4. The number of hydrogen-bond donors (Lipinski definition) is 4. The third-order valence-electron chi connectivity index (χ3n) is 7.00. The van der Waals surface area contributed by atoms with Crippen molar-refractivity contribution in [2.75, 3.05) is 5.32 Å². The predicted octanol–water partition coefficient (Wildman–Crippen LogP) is 5.80. The van der Waals surface area contributed by atoms with Gasteiger partial charge in [-0.25, -0.2) is 8.78 Å². The minimum absolute atomic E-state index is 0. The molecule has 2 atom stereocenters. The fourth-order valence-corrected chi connectivity index (χ4v) is 5.23. The van der Waals surface area contributed by atoms with Gasteiger partial charge in [0, 0.05) is 28.6 Å². The predicted molar refractivity (Wildman–Crippen MR) is 164 cm³/mol. The Morgan fingerprint density at radius 3 is 1.93 bits per heavy atom. The standard InChI is InChI=1S/C33H34F2N2O5.Na.H/c1-20(2)37-28(17-16-26(38)18-27(39)19-29(40)41)30(22-8-10-23(34)11-9-22)31(21-6-4-3-5-7-21)32(37)33(42)36-25-14-12-24(35)13-15-25;;/h3-15,20,26-27,38-39H,16-19H2,1-2H3,(H,36,42)(H,40,41);;/t26-,27-;;/m1../s1. The van der Waals surface area contributed by atoms with Crippen LogP contribution in [-0.4, -0.2) is 73.5 Å². The van der Waals surface area contributed by atoms with E-state index in [1.54, 1.807) is 12.1 Å². The van der Waals surface area contributed by atoms with Gasteiger partial charge in [-0.1, -0.05) is 42.5 Å². The zero-order valence-corrected chi connectivity index (χ0v) is 23.4. The molecule has 1 amide bonds. The van der Waals surface area contributed by atoms with E-state index >= 15 is 0 Å². The molecule has 7 nitrogen and oxygen atoms in total. The molecule has 4 rings (SSSR count). The van der Waals surface area contributed by atoms with Crippen molar-refractivity contribution in [3.63, 3.8) is 0 Å². The van der Waals surface area contributed by atoms with Crippen LogP contribution in [0, 0.1) is 11.6 Å². The quantitative estimate of drug-likeness (QED) is 0.154. The summed E-state index contributed by atoms with van der Waals surface area (Å²) in [5.41, 5.74) is 4.19. The van der Waals surface area contributed by atoms with Crippen molar-refractivity contribution in [1.29, 1.82) is 0 Å². The van der Waals surface area contributed by atoms with Gasteiger partial charge in [-0.3, -0.25) is 9.59 Å². The number of carboxylic acid groups (broad SMARTS) is 1. The second-order valence-corrected chi connectivity index (χ2v) is 10.5. The Balaban J connectivity index is 0.00000506. The van der Waals surface area contributed by atoms with Crippen molar-refractivity contribution in [3.05, 3.63) is 102 Å². The van der Waals surface area contributed by atoms with Gasteiger partial charge in [0.2, 0.25) is 0 Å². The van der Waals surface area contributed by atoms with Gasteiger partial charge in [-0.15, -0.1) is 0 Å². The molecule has 10 heteroatoms. The van der Waals surface area contributed by atoms with Crippen LogP contribution in [0.25, 0.3) is 22.3 Å². The number of carbonyl (C=O) groups is 2. The number of nitrogens with zero attached hydrogens (tertiary/aromatic N) is 1. The van der Waals surface area contributed by atoms with E-state index in [0.717, 1.165) is 5.56 Å². The van der Waals surface area contributed by atoms with E-state index in [0.29, 0.717) is 33.8 Å². The van der Waals surface area contributed by atoms with Crippen molar-refractivity contribution < 1.29 is 33.7 Å². The molecule has 0 aliphatic heterocycles. The van der Waals surface area contributed by atoms with Gasteiger partial charge >= 0.3 is 35.5 Å². The molecule has 0 unspecified atom stereocenters. The van der Waals surface area contributed by atoms with Crippen LogP contribution in [-0.2, 0) is 11.2 Å². The van der Waals surface area contributed by atoms with Crippen molar-refractivity contribution in [2.45, 2.75) is 57.8 Å². The van der Waals surface area contributed by atoms with Crippen LogP contribution in [0.1, 0.15) is 55.3 Å². The molecular formula is C33H35F2N2NaO5.